The van der Waals surface area contributed by atoms with Crippen LogP contribution >= 0.6 is 0 Å². The van der Waals surface area contributed by atoms with Crippen molar-refractivity contribution >= 4 is 22.8 Å². The lowest BCUT2D eigenvalue weighted by molar-refractivity contribution is -0.141. The molecule has 1 aromatic heterocycles. The van der Waals surface area contributed by atoms with E-state index >= 15 is 0 Å². The van der Waals surface area contributed by atoms with Gasteiger partial charge in [-0.05, 0) is 23.8 Å². The fourth-order valence-electron chi connectivity index (χ4n) is 2.58. The molecule has 0 amide bonds. The van der Waals surface area contributed by atoms with Crippen LogP contribution in [0.4, 0.5) is 5.69 Å². The van der Waals surface area contributed by atoms with Crippen molar-refractivity contribution in [2.75, 3.05) is 20.0 Å². The number of esters is 1. The van der Waals surface area contributed by atoms with Crippen LogP contribution in [-0.2, 0) is 9.53 Å². The van der Waals surface area contributed by atoms with E-state index in [1.54, 1.807) is 30.3 Å². The first-order valence-electron chi connectivity index (χ1n) is 6.98. The Morgan fingerprint density at radius 1 is 1.22 bits per heavy atom. The molecule has 23 heavy (non-hydrogen) atoms. The molecule has 2 N–H and O–H groups in total. The molecule has 0 aliphatic carbocycles. The van der Waals surface area contributed by atoms with Crippen molar-refractivity contribution in [2.24, 2.45) is 0 Å². The lowest BCUT2D eigenvalue weighted by Crippen LogP contribution is -2.16. The van der Waals surface area contributed by atoms with Crippen LogP contribution in [0.2, 0.25) is 0 Å². The van der Waals surface area contributed by atoms with E-state index in [9.17, 15) is 4.79 Å². The largest absolute Gasteiger partial charge is 0.496 e. The molecule has 1 atom stereocenters. The molecular weight excluding hydrogens is 296 g/mol. The van der Waals surface area contributed by atoms with Gasteiger partial charge in [0.25, 0.3) is 0 Å². The van der Waals surface area contributed by atoms with E-state index in [-0.39, 0.29) is 0 Å². The number of carbonyl (C=O) groups is 1. The topological polar surface area (TPSA) is 87.6 Å². The maximum Gasteiger partial charge on any atom is 0.317 e. The van der Waals surface area contributed by atoms with Crippen LogP contribution in [0, 0.1) is 0 Å². The van der Waals surface area contributed by atoms with Crippen molar-refractivity contribution in [1.29, 1.82) is 0 Å². The van der Waals surface area contributed by atoms with Crippen LogP contribution in [0.1, 0.15) is 17.0 Å². The number of nitrogen functional groups attached to an aromatic ring is 1. The Labute approximate surface area is 132 Å². The van der Waals surface area contributed by atoms with Crippen LogP contribution in [0.15, 0.2) is 47.2 Å². The zero-order chi connectivity index (χ0) is 16.4. The number of aromatic nitrogens is 1. The molecule has 2 aromatic carbocycles. The maximum atomic E-state index is 12.4. The van der Waals surface area contributed by atoms with E-state index in [1.165, 1.54) is 20.6 Å². The SMILES string of the molecule is COC(=O)C(c1ccc2ocnc2c1)c1ccc(N)cc1OC. The van der Waals surface area contributed by atoms with E-state index in [4.69, 9.17) is 19.6 Å². The van der Waals surface area contributed by atoms with Gasteiger partial charge in [-0.2, -0.15) is 0 Å². The number of nitrogens with zero attached hydrogens (tertiary/aromatic N) is 1. The molecule has 118 valence electrons. The van der Waals surface area contributed by atoms with Gasteiger partial charge in [0.2, 0.25) is 0 Å². The fraction of sp³-hybridized carbons (Fsp3) is 0.176. The summed E-state index contributed by atoms with van der Waals surface area (Å²) in [5, 5.41) is 0. The Bertz CT molecular complexity index is 857. The van der Waals surface area contributed by atoms with Gasteiger partial charge in [0.05, 0.1) is 14.2 Å². The molecule has 0 bridgehead atoms. The van der Waals surface area contributed by atoms with E-state index in [0.29, 0.717) is 28.1 Å². The molecule has 6 nitrogen and oxygen atoms in total. The third-order valence-corrected chi connectivity index (χ3v) is 3.69. The quantitative estimate of drug-likeness (QED) is 0.588. The molecule has 0 fully saturated rings. The van der Waals surface area contributed by atoms with Gasteiger partial charge in [-0.15, -0.1) is 0 Å². The molecule has 0 radical (unpaired) electrons. The number of oxazole rings is 1. The smallest absolute Gasteiger partial charge is 0.317 e. The second-order valence-electron chi connectivity index (χ2n) is 5.04. The normalized spacial score (nSPS) is 12.1. The summed E-state index contributed by atoms with van der Waals surface area (Å²) in [6.45, 7) is 0. The molecule has 3 rings (SSSR count). The van der Waals surface area contributed by atoms with Gasteiger partial charge >= 0.3 is 5.97 Å². The Kier molecular flexibility index (Phi) is 3.89. The Hall–Kier alpha value is -3.02. The molecular formula is C17H16N2O4. The van der Waals surface area contributed by atoms with Gasteiger partial charge in [0.1, 0.15) is 17.2 Å². The maximum absolute atomic E-state index is 12.4. The highest BCUT2D eigenvalue weighted by Crippen LogP contribution is 2.35. The molecule has 1 heterocycles. The van der Waals surface area contributed by atoms with E-state index in [2.05, 4.69) is 4.98 Å². The molecule has 6 heteroatoms. The van der Waals surface area contributed by atoms with Gasteiger partial charge in [0, 0.05) is 17.3 Å². The minimum Gasteiger partial charge on any atom is -0.496 e. The highest BCUT2D eigenvalue weighted by Gasteiger charge is 2.27. The summed E-state index contributed by atoms with van der Waals surface area (Å²) in [6, 6.07) is 10.6. The van der Waals surface area contributed by atoms with Crippen LogP contribution in [0.3, 0.4) is 0 Å². The highest BCUT2D eigenvalue weighted by atomic mass is 16.5. The summed E-state index contributed by atoms with van der Waals surface area (Å²) in [7, 11) is 2.89. The number of hydrogen-bond acceptors (Lipinski definition) is 6. The predicted molar refractivity (Wildman–Crippen MR) is 85.3 cm³/mol. The molecule has 0 spiro atoms. The van der Waals surface area contributed by atoms with Gasteiger partial charge in [0.15, 0.2) is 12.0 Å². The van der Waals surface area contributed by atoms with E-state index in [0.717, 1.165) is 5.56 Å². The first kappa shape index (κ1) is 14.9. The lowest BCUT2D eigenvalue weighted by Gasteiger charge is -2.18. The average molecular weight is 312 g/mol. The molecule has 0 aliphatic heterocycles. The molecule has 0 aliphatic rings. The molecule has 0 saturated carbocycles. The molecule has 0 saturated heterocycles. The van der Waals surface area contributed by atoms with Gasteiger partial charge in [-0.1, -0.05) is 12.1 Å². The summed E-state index contributed by atoms with van der Waals surface area (Å²) in [4.78, 5) is 16.5. The van der Waals surface area contributed by atoms with Gasteiger partial charge in [-0.25, -0.2) is 4.98 Å². The van der Waals surface area contributed by atoms with E-state index in [1.807, 2.05) is 6.07 Å². The zero-order valence-electron chi connectivity index (χ0n) is 12.8. The number of carbonyl (C=O) groups excluding carboxylic acids is 1. The summed E-state index contributed by atoms with van der Waals surface area (Å²) < 4.78 is 15.6. The number of ether oxygens (including phenoxy) is 2. The first-order valence-corrected chi connectivity index (χ1v) is 6.98. The lowest BCUT2D eigenvalue weighted by atomic mass is 9.90. The van der Waals surface area contributed by atoms with Crippen molar-refractivity contribution in [1.82, 2.24) is 4.98 Å². The summed E-state index contributed by atoms with van der Waals surface area (Å²) in [5.74, 6) is -0.506. The van der Waals surface area contributed by atoms with E-state index < -0.39 is 11.9 Å². The second kappa shape index (κ2) is 6.00. The number of benzene rings is 2. The minimum absolute atomic E-state index is 0.393. The van der Waals surface area contributed by atoms with Crippen molar-refractivity contribution in [3.05, 3.63) is 53.9 Å². The van der Waals surface area contributed by atoms with Crippen molar-refractivity contribution in [3.63, 3.8) is 0 Å². The number of nitrogens with two attached hydrogens (primary N) is 1. The first-order chi connectivity index (χ1) is 11.1. The minimum atomic E-state index is -0.642. The Morgan fingerprint density at radius 3 is 2.78 bits per heavy atom. The third-order valence-electron chi connectivity index (χ3n) is 3.69. The molecule has 1 unspecified atom stereocenters. The van der Waals surface area contributed by atoms with Crippen LogP contribution < -0.4 is 10.5 Å². The van der Waals surface area contributed by atoms with Gasteiger partial charge in [-0.3, -0.25) is 4.79 Å². The average Bonchev–Trinajstić information content (AvgIpc) is 3.03. The summed E-state index contributed by atoms with van der Waals surface area (Å²) in [6.07, 6.45) is 1.37. The number of fused-ring (bicyclic) bond motifs is 1. The van der Waals surface area contributed by atoms with Crippen LogP contribution in [0.5, 0.6) is 5.75 Å². The number of anilines is 1. The van der Waals surface area contributed by atoms with Crippen LogP contribution in [0.25, 0.3) is 11.1 Å². The third kappa shape index (κ3) is 2.70. The van der Waals surface area contributed by atoms with Crippen LogP contribution in [-0.4, -0.2) is 25.2 Å². The predicted octanol–water partition coefficient (Wildman–Crippen LogP) is 2.72. The van der Waals surface area contributed by atoms with Crippen molar-refractivity contribution in [3.8, 4) is 5.75 Å². The Morgan fingerprint density at radius 2 is 2.04 bits per heavy atom. The van der Waals surface area contributed by atoms with Crippen molar-refractivity contribution < 1.29 is 18.7 Å². The standard InChI is InChI=1S/C17H16N2O4/c1-21-15-8-11(18)4-5-12(15)16(17(20)22-2)10-3-6-14-13(7-10)19-9-23-14/h3-9,16H,18H2,1-2H3. The fourth-order valence-corrected chi connectivity index (χ4v) is 2.58. The number of rotatable bonds is 4. The van der Waals surface area contributed by atoms with Gasteiger partial charge < -0.3 is 19.6 Å². The zero-order valence-corrected chi connectivity index (χ0v) is 12.8. The molecule has 3 aromatic rings. The number of hydrogen-bond donors (Lipinski definition) is 1. The Balaban J connectivity index is 2.16. The highest BCUT2D eigenvalue weighted by molar-refractivity contribution is 5.85. The monoisotopic (exact) mass is 312 g/mol. The number of methoxy groups -OCH3 is 2. The summed E-state index contributed by atoms with van der Waals surface area (Å²) in [5.41, 5.74) is 9.09. The van der Waals surface area contributed by atoms with Crippen molar-refractivity contribution in [2.45, 2.75) is 5.92 Å². The summed E-state index contributed by atoms with van der Waals surface area (Å²) >= 11 is 0. The second-order valence-corrected chi connectivity index (χ2v) is 5.04.